The molecule has 2 aliphatic carbocycles. The first-order valence-electron chi connectivity index (χ1n) is 6.40. The SMILES string of the molecule is O=C(CCc1ncccn1)N[C@@H]1C[C@@]2(C(=O)O)C[C@@H]12. The van der Waals surface area contributed by atoms with E-state index in [1.54, 1.807) is 18.5 Å². The predicted octanol–water partition coefficient (Wildman–Crippen LogP) is 0.389. The summed E-state index contributed by atoms with van der Waals surface area (Å²) in [5.41, 5.74) is -0.513. The molecule has 0 saturated heterocycles. The van der Waals surface area contributed by atoms with Crippen LogP contribution >= 0.6 is 0 Å². The van der Waals surface area contributed by atoms with Gasteiger partial charge in [-0.3, -0.25) is 9.59 Å². The molecule has 0 radical (unpaired) electrons. The Kier molecular flexibility index (Phi) is 2.73. The van der Waals surface area contributed by atoms with E-state index in [4.69, 9.17) is 5.11 Å². The highest BCUT2D eigenvalue weighted by Gasteiger charge is 2.72. The highest BCUT2D eigenvalue weighted by molar-refractivity contribution is 5.83. The summed E-state index contributed by atoms with van der Waals surface area (Å²) < 4.78 is 0. The molecule has 2 aliphatic rings. The number of aromatic nitrogens is 2. The van der Waals surface area contributed by atoms with Crippen molar-refractivity contribution in [1.82, 2.24) is 15.3 Å². The number of rotatable bonds is 5. The number of carboxylic acids is 1. The summed E-state index contributed by atoms with van der Waals surface area (Å²) in [6, 6.07) is 1.77. The molecule has 0 bridgehead atoms. The van der Waals surface area contributed by atoms with E-state index >= 15 is 0 Å². The highest BCUT2D eigenvalue weighted by atomic mass is 16.4. The standard InChI is InChI=1S/C13H15N3O3/c17-11(3-2-10-14-4-1-5-15-10)16-9-7-13(12(18)19)6-8(9)13/h1,4-5,8-9H,2-3,6-7H2,(H,16,17)(H,18,19)/t8-,9+,13-/m0/s1. The van der Waals surface area contributed by atoms with Gasteiger partial charge in [-0.25, -0.2) is 9.97 Å². The molecule has 3 rings (SSSR count). The van der Waals surface area contributed by atoms with Crippen LogP contribution in [0.5, 0.6) is 0 Å². The zero-order chi connectivity index (χ0) is 13.5. The van der Waals surface area contributed by atoms with E-state index in [1.807, 2.05) is 0 Å². The van der Waals surface area contributed by atoms with Gasteiger partial charge in [-0.05, 0) is 24.8 Å². The summed E-state index contributed by atoms with van der Waals surface area (Å²) in [6.07, 6.45) is 5.42. The molecule has 19 heavy (non-hydrogen) atoms. The number of hydrogen-bond donors (Lipinski definition) is 2. The molecule has 0 spiro atoms. The Morgan fingerprint density at radius 3 is 2.68 bits per heavy atom. The topological polar surface area (TPSA) is 92.2 Å². The summed E-state index contributed by atoms with van der Waals surface area (Å²) in [4.78, 5) is 30.8. The number of fused-ring (bicyclic) bond motifs is 1. The largest absolute Gasteiger partial charge is 0.481 e. The third-order valence-corrected chi connectivity index (χ3v) is 4.17. The maximum Gasteiger partial charge on any atom is 0.310 e. The Morgan fingerprint density at radius 2 is 2.11 bits per heavy atom. The number of carbonyl (C=O) groups is 2. The number of hydrogen-bond acceptors (Lipinski definition) is 4. The molecule has 1 aromatic heterocycles. The number of nitrogens with zero attached hydrogens (tertiary/aromatic N) is 2. The predicted molar refractivity (Wildman–Crippen MR) is 65.1 cm³/mol. The summed E-state index contributed by atoms with van der Waals surface area (Å²) in [7, 11) is 0. The minimum Gasteiger partial charge on any atom is -0.481 e. The highest BCUT2D eigenvalue weighted by Crippen LogP contribution is 2.67. The van der Waals surface area contributed by atoms with Gasteiger partial charge in [0, 0.05) is 31.3 Å². The quantitative estimate of drug-likeness (QED) is 0.799. The summed E-state index contributed by atoms with van der Waals surface area (Å²) in [5, 5.41) is 11.9. The fourth-order valence-electron chi connectivity index (χ4n) is 2.92. The van der Waals surface area contributed by atoms with E-state index < -0.39 is 11.4 Å². The minimum atomic E-state index is -0.722. The van der Waals surface area contributed by atoms with Crippen LogP contribution in [0.4, 0.5) is 0 Å². The Labute approximate surface area is 110 Å². The van der Waals surface area contributed by atoms with Crippen LogP contribution in [0.3, 0.4) is 0 Å². The van der Waals surface area contributed by atoms with Crippen LogP contribution in [0.1, 0.15) is 25.1 Å². The van der Waals surface area contributed by atoms with Crippen molar-refractivity contribution in [2.45, 2.75) is 31.7 Å². The molecule has 2 N–H and O–H groups in total. The number of aliphatic carboxylic acids is 1. The fourth-order valence-corrected chi connectivity index (χ4v) is 2.92. The average Bonchev–Trinajstić information content (AvgIpc) is 3.02. The zero-order valence-corrected chi connectivity index (χ0v) is 10.4. The second-order valence-electron chi connectivity index (χ2n) is 5.32. The second kappa shape index (κ2) is 4.29. The van der Waals surface area contributed by atoms with Gasteiger partial charge in [-0.2, -0.15) is 0 Å². The smallest absolute Gasteiger partial charge is 0.310 e. The van der Waals surface area contributed by atoms with Crippen LogP contribution in [0.15, 0.2) is 18.5 Å². The van der Waals surface area contributed by atoms with Crippen molar-refractivity contribution >= 4 is 11.9 Å². The molecule has 1 amide bonds. The van der Waals surface area contributed by atoms with Crippen molar-refractivity contribution in [2.75, 3.05) is 0 Å². The number of nitrogens with one attached hydrogen (secondary N) is 1. The van der Waals surface area contributed by atoms with E-state index in [9.17, 15) is 9.59 Å². The Hall–Kier alpha value is -1.98. The van der Waals surface area contributed by atoms with E-state index in [0.29, 0.717) is 31.5 Å². The van der Waals surface area contributed by atoms with Crippen LogP contribution in [-0.2, 0) is 16.0 Å². The van der Waals surface area contributed by atoms with Gasteiger partial charge in [0.15, 0.2) is 0 Å². The number of carboxylic acid groups (broad SMARTS) is 1. The molecule has 0 unspecified atom stereocenters. The van der Waals surface area contributed by atoms with Crippen LogP contribution in [0.2, 0.25) is 0 Å². The van der Waals surface area contributed by atoms with Crippen LogP contribution in [0.25, 0.3) is 0 Å². The molecule has 3 atom stereocenters. The lowest BCUT2D eigenvalue weighted by Crippen LogP contribution is -2.48. The monoisotopic (exact) mass is 261 g/mol. The second-order valence-corrected chi connectivity index (χ2v) is 5.32. The van der Waals surface area contributed by atoms with E-state index in [0.717, 1.165) is 0 Å². The summed E-state index contributed by atoms with van der Waals surface area (Å²) >= 11 is 0. The molecule has 2 fully saturated rings. The number of amides is 1. The molecule has 2 saturated carbocycles. The number of carbonyl (C=O) groups excluding carboxylic acids is 1. The maximum atomic E-state index is 11.7. The molecule has 6 nitrogen and oxygen atoms in total. The van der Waals surface area contributed by atoms with Gasteiger partial charge < -0.3 is 10.4 Å². The lowest BCUT2D eigenvalue weighted by Gasteiger charge is -2.32. The molecule has 0 aromatic carbocycles. The molecular formula is C13H15N3O3. The van der Waals surface area contributed by atoms with Crippen molar-refractivity contribution in [1.29, 1.82) is 0 Å². The Morgan fingerprint density at radius 1 is 1.37 bits per heavy atom. The van der Waals surface area contributed by atoms with Gasteiger partial charge in [0.2, 0.25) is 5.91 Å². The fraction of sp³-hybridized carbons (Fsp3) is 0.538. The van der Waals surface area contributed by atoms with Crippen molar-refractivity contribution in [3.63, 3.8) is 0 Å². The van der Waals surface area contributed by atoms with E-state index in [-0.39, 0.29) is 17.9 Å². The van der Waals surface area contributed by atoms with Gasteiger partial charge in [0.1, 0.15) is 5.82 Å². The van der Waals surface area contributed by atoms with Gasteiger partial charge >= 0.3 is 5.97 Å². The Bertz CT molecular complexity index is 519. The zero-order valence-electron chi connectivity index (χ0n) is 10.4. The van der Waals surface area contributed by atoms with Crippen LogP contribution in [-0.4, -0.2) is 33.0 Å². The van der Waals surface area contributed by atoms with Crippen molar-refractivity contribution in [2.24, 2.45) is 11.3 Å². The van der Waals surface area contributed by atoms with Crippen molar-refractivity contribution in [3.05, 3.63) is 24.3 Å². The molecular weight excluding hydrogens is 246 g/mol. The first-order valence-corrected chi connectivity index (χ1v) is 6.40. The third-order valence-electron chi connectivity index (χ3n) is 4.17. The Balaban J connectivity index is 1.43. The van der Waals surface area contributed by atoms with Crippen molar-refractivity contribution < 1.29 is 14.7 Å². The van der Waals surface area contributed by atoms with E-state index in [2.05, 4.69) is 15.3 Å². The van der Waals surface area contributed by atoms with E-state index in [1.165, 1.54) is 0 Å². The molecule has 6 heteroatoms. The van der Waals surface area contributed by atoms with Gasteiger partial charge in [-0.15, -0.1) is 0 Å². The van der Waals surface area contributed by atoms with Gasteiger partial charge in [-0.1, -0.05) is 0 Å². The minimum absolute atomic E-state index is 0.0419. The van der Waals surface area contributed by atoms with Crippen LogP contribution in [0, 0.1) is 11.3 Å². The first-order chi connectivity index (χ1) is 9.12. The molecule has 0 aliphatic heterocycles. The average molecular weight is 261 g/mol. The molecule has 1 aromatic rings. The van der Waals surface area contributed by atoms with Crippen LogP contribution < -0.4 is 5.32 Å². The van der Waals surface area contributed by atoms with Gasteiger partial charge in [0.25, 0.3) is 0 Å². The lowest BCUT2D eigenvalue weighted by atomic mass is 9.80. The summed E-state index contributed by atoms with van der Waals surface area (Å²) in [6.45, 7) is 0. The van der Waals surface area contributed by atoms with Gasteiger partial charge in [0.05, 0.1) is 5.41 Å². The number of aryl methyl sites for hydroxylation is 1. The normalized spacial score (nSPS) is 30.9. The summed E-state index contributed by atoms with van der Waals surface area (Å²) in [5.74, 6) is 0.0171. The maximum absolute atomic E-state index is 11.7. The molecule has 100 valence electrons. The first kappa shape index (κ1) is 12.1. The van der Waals surface area contributed by atoms with Crippen molar-refractivity contribution in [3.8, 4) is 0 Å². The third kappa shape index (κ3) is 2.07. The lowest BCUT2D eigenvalue weighted by molar-refractivity contribution is -0.148. The molecule has 1 heterocycles.